The summed E-state index contributed by atoms with van der Waals surface area (Å²) in [6.45, 7) is 6.16. The highest BCUT2D eigenvalue weighted by atomic mass is 16.3. The number of benzene rings is 1. The van der Waals surface area contributed by atoms with Crippen LogP contribution >= 0.6 is 0 Å². The van der Waals surface area contributed by atoms with Gasteiger partial charge in [-0.3, -0.25) is 9.78 Å². The summed E-state index contributed by atoms with van der Waals surface area (Å²) in [5.41, 5.74) is 3.68. The van der Waals surface area contributed by atoms with Crippen LogP contribution in [0.15, 0.2) is 42.7 Å². The molecule has 1 atom stereocenters. The number of nitrogens with zero attached hydrogens (tertiary/aromatic N) is 1. The average molecular weight is 312 g/mol. The SMILES string of the molecule is Cc1ccc(-c2cncc(C(=O)NC(CCO)C(C)C)c2)cc1. The first kappa shape index (κ1) is 17.2. The molecule has 0 aliphatic carbocycles. The van der Waals surface area contributed by atoms with Gasteiger partial charge in [0.15, 0.2) is 0 Å². The topological polar surface area (TPSA) is 62.2 Å². The summed E-state index contributed by atoms with van der Waals surface area (Å²) in [5, 5.41) is 12.1. The van der Waals surface area contributed by atoms with E-state index in [1.54, 1.807) is 12.4 Å². The Hall–Kier alpha value is -2.20. The molecule has 1 aromatic carbocycles. The fourth-order valence-electron chi connectivity index (χ4n) is 2.43. The summed E-state index contributed by atoms with van der Waals surface area (Å²) in [7, 11) is 0. The predicted molar refractivity (Wildman–Crippen MR) is 92.2 cm³/mol. The molecule has 0 radical (unpaired) electrons. The van der Waals surface area contributed by atoms with Crippen molar-refractivity contribution in [3.05, 3.63) is 53.9 Å². The zero-order valence-electron chi connectivity index (χ0n) is 13.9. The van der Waals surface area contributed by atoms with Crippen molar-refractivity contribution in [2.24, 2.45) is 5.92 Å². The Morgan fingerprint density at radius 2 is 1.87 bits per heavy atom. The Morgan fingerprint density at radius 3 is 2.48 bits per heavy atom. The van der Waals surface area contributed by atoms with Gasteiger partial charge in [0.2, 0.25) is 0 Å². The fraction of sp³-hybridized carbons (Fsp3) is 0.368. The molecule has 0 saturated carbocycles. The van der Waals surface area contributed by atoms with E-state index in [0.29, 0.717) is 12.0 Å². The van der Waals surface area contributed by atoms with E-state index in [1.807, 2.05) is 51.1 Å². The Balaban J connectivity index is 2.18. The van der Waals surface area contributed by atoms with Crippen molar-refractivity contribution in [3.8, 4) is 11.1 Å². The molecule has 0 saturated heterocycles. The number of aliphatic hydroxyl groups excluding tert-OH is 1. The molecule has 1 aromatic heterocycles. The second kappa shape index (κ2) is 7.88. The van der Waals surface area contributed by atoms with Crippen molar-refractivity contribution >= 4 is 5.91 Å². The molecule has 4 heteroatoms. The number of rotatable bonds is 6. The van der Waals surface area contributed by atoms with Gasteiger partial charge in [0.1, 0.15) is 0 Å². The first-order chi connectivity index (χ1) is 11.0. The third kappa shape index (κ3) is 4.63. The van der Waals surface area contributed by atoms with Crippen LogP contribution in [0.2, 0.25) is 0 Å². The predicted octanol–water partition coefficient (Wildman–Crippen LogP) is 3.19. The van der Waals surface area contributed by atoms with Crippen molar-refractivity contribution < 1.29 is 9.90 Å². The molecular weight excluding hydrogens is 288 g/mol. The molecule has 0 fully saturated rings. The minimum Gasteiger partial charge on any atom is -0.396 e. The molecule has 122 valence electrons. The number of amides is 1. The van der Waals surface area contributed by atoms with E-state index in [1.165, 1.54) is 5.56 Å². The molecule has 0 spiro atoms. The van der Waals surface area contributed by atoms with Gasteiger partial charge in [-0.2, -0.15) is 0 Å². The number of carbonyl (C=O) groups excluding carboxylic acids is 1. The summed E-state index contributed by atoms with van der Waals surface area (Å²) in [6, 6.07) is 9.93. The van der Waals surface area contributed by atoms with Crippen molar-refractivity contribution in [1.82, 2.24) is 10.3 Å². The van der Waals surface area contributed by atoms with Gasteiger partial charge in [-0.1, -0.05) is 43.7 Å². The van der Waals surface area contributed by atoms with Crippen LogP contribution in [-0.2, 0) is 0 Å². The maximum Gasteiger partial charge on any atom is 0.253 e. The van der Waals surface area contributed by atoms with E-state index in [2.05, 4.69) is 10.3 Å². The second-order valence-electron chi connectivity index (χ2n) is 6.16. The van der Waals surface area contributed by atoms with Crippen LogP contribution in [0.5, 0.6) is 0 Å². The summed E-state index contributed by atoms with van der Waals surface area (Å²) >= 11 is 0. The molecule has 1 heterocycles. The van der Waals surface area contributed by atoms with Crippen LogP contribution in [0.3, 0.4) is 0 Å². The maximum atomic E-state index is 12.4. The zero-order valence-corrected chi connectivity index (χ0v) is 13.9. The molecule has 1 amide bonds. The van der Waals surface area contributed by atoms with Gasteiger partial charge in [0.05, 0.1) is 5.56 Å². The van der Waals surface area contributed by atoms with Gasteiger partial charge in [-0.25, -0.2) is 0 Å². The molecule has 0 bridgehead atoms. The Labute approximate surface area is 137 Å². The fourth-order valence-corrected chi connectivity index (χ4v) is 2.43. The van der Waals surface area contributed by atoms with Gasteiger partial charge in [-0.05, 0) is 30.9 Å². The molecule has 0 aliphatic rings. The summed E-state index contributed by atoms with van der Waals surface area (Å²) < 4.78 is 0. The molecular formula is C19H24N2O2. The highest BCUT2D eigenvalue weighted by Crippen LogP contribution is 2.20. The lowest BCUT2D eigenvalue weighted by atomic mass is 10.0. The smallest absolute Gasteiger partial charge is 0.253 e. The van der Waals surface area contributed by atoms with E-state index in [4.69, 9.17) is 5.11 Å². The van der Waals surface area contributed by atoms with Gasteiger partial charge < -0.3 is 10.4 Å². The summed E-state index contributed by atoms with van der Waals surface area (Å²) in [4.78, 5) is 16.6. The van der Waals surface area contributed by atoms with Crippen LogP contribution in [0.25, 0.3) is 11.1 Å². The van der Waals surface area contributed by atoms with Crippen LogP contribution in [0.4, 0.5) is 0 Å². The van der Waals surface area contributed by atoms with Gasteiger partial charge >= 0.3 is 0 Å². The van der Waals surface area contributed by atoms with Crippen LogP contribution < -0.4 is 5.32 Å². The Morgan fingerprint density at radius 1 is 1.17 bits per heavy atom. The average Bonchev–Trinajstić information content (AvgIpc) is 2.55. The lowest BCUT2D eigenvalue weighted by Gasteiger charge is -2.21. The Kier molecular flexibility index (Phi) is 5.88. The third-order valence-corrected chi connectivity index (χ3v) is 3.95. The minimum atomic E-state index is -0.154. The van der Waals surface area contributed by atoms with Crippen molar-refractivity contribution in [1.29, 1.82) is 0 Å². The summed E-state index contributed by atoms with van der Waals surface area (Å²) in [5.74, 6) is 0.109. The molecule has 0 aliphatic heterocycles. The number of aryl methyl sites for hydroxylation is 1. The van der Waals surface area contributed by atoms with Crippen molar-refractivity contribution in [2.75, 3.05) is 6.61 Å². The van der Waals surface area contributed by atoms with E-state index in [-0.39, 0.29) is 24.5 Å². The first-order valence-corrected chi connectivity index (χ1v) is 7.95. The molecule has 2 rings (SSSR count). The molecule has 23 heavy (non-hydrogen) atoms. The van der Waals surface area contributed by atoms with Crippen molar-refractivity contribution in [3.63, 3.8) is 0 Å². The number of hydrogen-bond donors (Lipinski definition) is 2. The highest BCUT2D eigenvalue weighted by Gasteiger charge is 2.17. The first-order valence-electron chi connectivity index (χ1n) is 7.95. The highest BCUT2D eigenvalue weighted by molar-refractivity contribution is 5.95. The number of aliphatic hydroxyl groups is 1. The molecule has 2 aromatic rings. The van der Waals surface area contributed by atoms with Gasteiger partial charge in [0.25, 0.3) is 5.91 Å². The minimum absolute atomic E-state index is 0.0458. The largest absolute Gasteiger partial charge is 0.396 e. The number of carbonyl (C=O) groups is 1. The number of hydrogen-bond acceptors (Lipinski definition) is 3. The third-order valence-electron chi connectivity index (χ3n) is 3.95. The van der Waals surface area contributed by atoms with Crippen molar-refractivity contribution in [2.45, 2.75) is 33.2 Å². The van der Waals surface area contributed by atoms with Crippen LogP contribution in [-0.4, -0.2) is 28.6 Å². The van der Waals surface area contributed by atoms with E-state index < -0.39 is 0 Å². The number of aromatic nitrogens is 1. The molecule has 1 unspecified atom stereocenters. The lowest BCUT2D eigenvalue weighted by molar-refractivity contribution is 0.0916. The van der Waals surface area contributed by atoms with Crippen LogP contribution in [0.1, 0.15) is 36.2 Å². The van der Waals surface area contributed by atoms with E-state index >= 15 is 0 Å². The zero-order chi connectivity index (χ0) is 16.8. The monoisotopic (exact) mass is 312 g/mol. The Bertz CT molecular complexity index is 651. The van der Waals surface area contributed by atoms with Gasteiger partial charge in [0, 0.05) is 30.6 Å². The molecule has 2 N–H and O–H groups in total. The van der Waals surface area contributed by atoms with E-state index in [0.717, 1.165) is 11.1 Å². The maximum absolute atomic E-state index is 12.4. The normalized spacial score (nSPS) is 12.2. The number of pyridine rings is 1. The second-order valence-corrected chi connectivity index (χ2v) is 6.16. The summed E-state index contributed by atoms with van der Waals surface area (Å²) in [6.07, 6.45) is 3.88. The number of nitrogens with one attached hydrogen (secondary N) is 1. The van der Waals surface area contributed by atoms with E-state index in [9.17, 15) is 4.79 Å². The quantitative estimate of drug-likeness (QED) is 0.861. The standard InChI is InChI=1S/C19H24N2O2/c1-13(2)18(8-9-22)21-19(23)17-10-16(11-20-12-17)15-6-4-14(3)5-7-15/h4-7,10-13,18,22H,8-9H2,1-3H3,(H,21,23). The van der Waals surface area contributed by atoms with Gasteiger partial charge in [-0.15, -0.1) is 0 Å². The van der Waals surface area contributed by atoms with Crippen LogP contribution in [0, 0.1) is 12.8 Å². The molecule has 4 nitrogen and oxygen atoms in total. The lowest BCUT2D eigenvalue weighted by Crippen LogP contribution is -2.39.